The van der Waals surface area contributed by atoms with Crippen molar-refractivity contribution in [2.24, 2.45) is 0 Å². The summed E-state index contributed by atoms with van der Waals surface area (Å²) in [5, 5.41) is 0. The van der Waals surface area contributed by atoms with Gasteiger partial charge in [-0.25, -0.2) is 16.8 Å². The molecule has 0 heterocycles. The maximum Gasteiger partial charge on any atom is 1.00 e. The molecule has 6 nitrogen and oxygen atoms in total. The van der Waals surface area contributed by atoms with E-state index in [1.165, 1.54) is 0 Å². The average Bonchev–Trinajstić information content (AvgIpc) is 2.36. The van der Waals surface area contributed by atoms with Crippen LogP contribution in [0.25, 0.3) is 0 Å². The summed E-state index contributed by atoms with van der Waals surface area (Å²) in [6.07, 6.45) is 4.79. The standard InChI is InChI=1S/2C4H10O3S4.2Na/c2*1-8-10-9-3-2-4-11(5,6)7;;/h2*2-4H2,1H3,(H,5,6,7);;/q;;2*+1/p-2. The smallest absolute Gasteiger partial charge is 0.748 e. The predicted molar refractivity (Wildman–Crippen MR) is 105 cm³/mol. The van der Waals surface area contributed by atoms with Crippen molar-refractivity contribution in [1.29, 1.82) is 0 Å². The topological polar surface area (TPSA) is 114 Å². The Morgan fingerprint density at radius 1 is 0.708 bits per heavy atom. The molecular formula is C8H18Na2O6S8. The molecule has 0 aromatic carbocycles. The molecule has 0 amide bonds. The molecule has 0 N–H and O–H groups in total. The third-order valence-electron chi connectivity index (χ3n) is 1.48. The van der Waals surface area contributed by atoms with Crippen molar-refractivity contribution >= 4 is 83.1 Å². The van der Waals surface area contributed by atoms with E-state index >= 15 is 0 Å². The van der Waals surface area contributed by atoms with Crippen molar-refractivity contribution in [3.05, 3.63) is 0 Å². The Labute approximate surface area is 213 Å². The number of hydrogen-bond donors (Lipinski definition) is 0. The summed E-state index contributed by atoms with van der Waals surface area (Å²) in [6, 6.07) is 0. The molecule has 0 aromatic rings. The minimum atomic E-state index is -3.99. The van der Waals surface area contributed by atoms with Crippen LogP contribution in [0.4, 0.5) is 0 Å². The summed E-state index contributed by atoms with van der Waals surface area (Å²) in [5.41, 5.74) is 0. The normalized spacial score (nSPS) is 10.8. The Morgan fingerprint density at radius 3 is 1.21 bits per heavy atom. The third kappa shape index (κ3) is 40.6. The Balaban J connectivity index is -0.000000154. The monoisotopic (exact) mass is 512 g/mol. The van der Waals surface area contributed by atoms with Gasteiger partial charge in [-0.3, -0.25) is 0 Å². The largest absolute Gasteiger partial charge is 1.00 e. The van der Waals surface area contributed by atoms with Crippen LogP contribution in [0.2, 0.25) is 0 Å². The minimum Gasteiger partial charge on any atom is -0.748 e. The molecule has 0 saturated carbocycles. The molecule has 0 aliphatic rings. The minimum absolute atomic E-state index is 0. The van der Waals surface area contributed by atoms with Crippen molar-refractivity contribution in [3.63, 3.8) is 0 Å². The first-order valence-corrected chi connectivity index (χ1v) is 16.9. The first-order valence-electron chi connectivity index (χ1n) is 5.64. The molecule has 0 saturated heterocycles. The van der Waals surface area contributed by atoms with E-state index in [0.717, 1.165) is 0 Å². The van der Waals surface area contributed by atoms with Gasteiger partial charge in [-0.15, -0.1) is 0 Å². The second kappa shape index (κ2) is 23.2. The summed E-state index contributed by atoms with van der Waals surface area (Å²) < 4.78 is 60.5. The van der Waals surface area contributed by atoms with Gasteiger partial charge >= 0.3 is 59.1 Å². The Morgan fingerprint density at radius 2 is 1.00 bits per heavy atom. The fourth-order valence-corrected chi connectivity index (χ4v) is 7.62. The van der Waals surface area contributed by atoms with E-state index in [-0.39, 0.29) is 70.6 Å². The summed E-state index contributed by atoms with van der Waals surface area (Å²) in [6.45, 7) is 0. The van der Waals surface area contributed by atoms with Crippen molar-refractivity contribution in [2.45, 2.75) is 12.8 Å². The van der Waals surface area contributed by atoms with Crippen LogP contribution >= 0.6 is 62.8 Å². The van der Waals surface area contributed by atoms with Crippen molar-refractivity contribution in [3.8, 4) is 0 Å². The van der Waals surface area contributed by atoms with E-state index in [9.17, 15) is 25.9 Å². The zero-order valence-corrected chi connectivity index (χ0v) is 24.5. The van der Waals surface area contributed by atoms with E-state index in [4.69, 9.17) is 0 Å². The summed E-state index contributed by atoms with van der Waals surface area (Å²) >= 11 is 0. The van der Waals surface area contributed by atoms with E-state index in [2.05, 4.69) is 0 Å². The summed E-state index contributed by atoms with van der Waals surface area (Å²) in [5.74, 6) is 0.948. The van der Waals surface area contributed by atoms with Gasteiger partial charge in [0.1, 0.15) is 0 Å². The maximum atomic E-state index is 10.1. The number of hydrogen-bond acceptors (Lipinski definition) is 12. The van der Waals surface area contributed by atoms with Gasteiger partial charge in [0.25, 0.3) is 0 Å². The van der Waals surface area contributed by atoms with Crippen LogP contribution in [0.3, 0.4) is 0 Å². The van der Waals surface area contributed by atoms with Gasteiger partial charge in [0.2, 0.25) is 0 Å². The first-order chi connectivity index (χ1) is 10.1. The van der Waals surface area contributed by atoms with E-state index in [1.807, 2.05) is 12.5 Å². The van der Waals surface area contributed by atoms with Gasteiger partial charge in [-0.05, 0) is 45.0 Å². The predicted octanol–water partition coefficient (Wildman–Crippen LogP) is -2.83. The van der Waals surface area contributed by atoms with Crippen molar-refractivity contribution < 1.29 is 85.1 Å². The van der Waals surface area contributed by atoms with Gasteiger partial charge in [0.15, 0.2) is 0 Å². The van der Waals surface area contributed by atoms with Gasteiger partial charge < -0.3 is 9.11 Å². The Hall–Kier alpha value is 3.92. The molecule has 0 atom stereocenters. The van der Waals surface area contributed by atoms with Crippen LogP contribution in [0.5, 0.6) is 0 Å². The van der Waals surface area contributed by atoms with E-state index in [1.54, 1.807) is 62.8 Å². The van der Waals surface area contributed by atoms with E-state index in [0.29, 0.717) is 24.3 Å². The first kappa shape index (κ1) is 35.4. The molecule has 0 aliphatic carbocycles. The summed E-state index contributed by atoms with van der Waals surface area (Å²) in [7, 11) is 1.57. The molecule has 0 aromatic heterocycles. The van der Waals surface area contributed by atoms with Crippen LogP contribution in [-0.2, 0) is 20.2 Å². The number of rotatable bonds is 12. The van der Waals surface area contributed by atoms with Gasteiger partial charge in [-0.2, -0.15) is 0 Å². The van der Waals surface area contributed by atoms with Crippen LogP contribution in [0.15, 0.2) is 0 Å². The van der Waals surface area contributed by atoms with Crippen LogP contribution < -0.4 is 59.1 Å². The Kier molecular flexibility index (Phi) is 34.2. The zero-order valence-electron chi connectivity index (χ0n) is 14.0. The van der Waals surface area contributed by atoms with Crippen LogP contribution in [0, 0.1) is 0 Å². The maximum absolute atomic E-state index is 10.1. The van der Waals surface area contributed by atoms with Gasteiger partial charge in [-0.1, -0.05) is 43.2 Å². The molecule has 0 unspecified atom stereocenters. The van der Waals surface area contributed by atoms with Gasteiger partial charge in [0.05, 0.1) is 20.2 Å². The zero-order chi connectivity index (χ0) is 17.5. The SMILES string of the molecule is CSSSCCCS(=O)(=O)[O-].CSSSCCCS(=O)(=O)[O-].[Na+].[Na+]. The fraction of sp³-hybridized carbons (Fsp3) is 1.00. The average molecular weight is 513 g/mol. The summed E-state index contributed by atoms with van der Waals surface area (Å²) in [4.78, 5) is 0. The molecule has 0 radical (unpaired) electrons. The molecule has 0 fully saturated rings. The molecule has 136 valence electrons. The van der Waals surface area contributed by atoms with Crippen LogP contribution in [-0.4, -0.2) is 61.5 Å². The van der Waals surface area contributed by atoms with Crippen LogP contribution in [0.1, 0.15) is 12.8 Å². The third-order valence-corrected chi connectivity index (χ3v) is 11.0. The Bertz CT molecular complexity index is 403. The fourth-order valence-electron chi connectivity index (χ4n) is 0.754. The molecule has 24 heavy (non-hydrogen) atoms. The molecule has 16 heteroatoms. The van der Waals surface area contributed by atoms with E-state index < -0.39 is 20.2 Å². The molecule has 0 aliphatic heterocycles. The quantitative estimate of drug-likeness (QED) is 0.116. The van der Waals surface area contributed by atoms with Gasteiger partial charge in [0, 0.05) is 23.0 Å². The molecule has 0 rings (SSSR count). The molecular weight excluding hydrogens is 495 g/mol. The second-order valence-corrected chi connectivity index (χ2v) is 15.3. The van der Waals surface area contributed by atoms with Crippen molar-refractivity contribution in [1.82, 2.24) is 0 Å². The second-order valence-electron chi connectivity index (χ2n) is 3.34. The molecule has 0 bridgehead atoms. The van der Waals surface area contributed by atoms with Crippen molar-refractivity contribution in [2.75, 3.05) is 35.5 Å². The molecule has 0 spiro atoms.